The second kappa shape index (κ2) is 8.06. The van der Waals surface area contributed by atoms with Crippen molar-refractivity contribution < 1.29 is 22.8 Å². The van der Waals surface area contributed by atoms with Gasteiger partial charge in [-0.25, -0.2) is 0 Å². The number of rotatable bonds is 4. The van der Waals surface area contributed by atoms with Crippen LogP contribution < -0.4 is 0 Å². The molecule has 1 heterocycles. The summed E-state index contributed by atoms with van der Waals surface area (Å²) >= 11 is 5.90. The first-order valence-corrected chi connectivity index (χ1v) is 9.47. The third kappa shape index (κ3) is 4.56. The number of hydrogen-bond acceptors (Lipinski definition) is 2. The van der Waals surface area contributed by atoms with Crippen LogP contribution in [0.3, 0.4) is 0 Å². The van der Waals surface area contributed by atoms with Crippen LogP contribution in [0.25, 0.3) is 0 Å². The number of benzene rings is 2. The van der Waals surface area contributed by atoms with Crippen LogP contribution in [-0.2, 0) is 22.3 Å². The molecular formula is C21H20ClF3N2O2. The van der Waals surface area contributed by atoms with Crippen LogP contribution in [0.1, 0.15) is 36.6 Å². The Morgan fingerprint density at radius 3 is 2.14 bits per heavy atom. The highest BCUT2D eigenvalue weighted by molar-refractivity contribution is 6.30. The van der Waals surface area contributed by atoms with Gasteiger partial charge in [-0.2, -0.15) is 13.2 Å². The molecule has 0 saturated carbocycles. The van der Waals surface area contributed by atoms with Gasteiger partial charge in [0.1, 0.15) is 12.6 Å². The third-order valence-corrected chi connectivity index (χ3v) is 5.15. The van der Waals surface area contributed by atoms with Crippen molar-refractivity contribution in [2.24, 2.45) is 0 Å². The number of carbonyl (C=O) groups excluding carboxylic acids is 2. The van der Waals surface area contributed by atoms with Crippen molar-refractivity contribution >= 4 is 23.4 Å². The van der Waals surface area contributed by atoms with E-state index in [1.165, 1.54) is 21.9 Å². The molecule has 1 saturated heterocycles. The Kier molecular flexibility index (Phi) is 5.89. The molecule has 1 unspecified atom stereocenters. The van der Waals surface area contributed by atoms with Crippen LogP contribution in [-0.4, -0.2) is 34.2 Å². The van der Waals surface area contributed by atoms with Crippen LogP contribution >= 0.6 is 11.6 Å². The maximum absolute atomic E-state index is 13.1. The molecule has 0 aliphatic carbocycles. The summed E-state index contributed by atoms with van der Waals surface area (Å²) in [4.78, 5) is 28.9. The number of piperazine rings is 1. The Labute approximate surface area is 171 Å². The van der Waals surface area contributed by atoms with Gasteiger partial charge in [-0.3, -0.25) is 9.59 Å². The minimum atomic E-state index is -4.47. The van der Waals surface area contributed by atoms with Crippen molar-refractivity contribution in [1.29, 1.82) is 0 Å². The van der Waals surface area contributed by atoms with E-state index >= 15 is 0 Å². The van der Waals surface area contributed by atoms with Gasteiger partial charge < -0.3 is 9.80 Å². The topological polar surface area (TPSA) is 40.6 Å². The van der Waals surface area contributed by atoms with E-state index in [4.69, 9.17) is 11.6 Å². The summed E-state index contributed by atoms with van der Waals surface area (Å²) in [7, 11) is 0. The fourth-order valence-corrected chi connectivity index (χ4v) is 3.45. The molecule has 154 valence electrons. The summed E-state index contributed by atoms with van der Waals surface area (Å²) in [6.45, 7) is 3.67. The zero-order chi connectivity index (χ0) is 21.3. The van der Waals surface area contributed by atoms with Gasteiger partial charge in [-0.15, -0.1) is 0 Å². The fourth-order valence-electron chi connectivity index (χ4n) is 3.33. The molecule has 4 nitrogen and oxygen atoms in total. The molecule has 1 fully saturated rings. The van der Waals surface area contributed by atoms with E-state index in [0.29, 0.717) is 10.6 Å². The predicted octanol–water partition coefficient (Wildman–Crippen LogP) is 4.68. The van der Waals surface area contributed by atoms with Crippen LogP contribution in [0.5, 0.6) is 0 Å². The van der Waals surface area contributed by atoms with Crippen molar-refractivity contribution in [1.82, 2.24) is 9.80 Å². The van der Waals surface area contributed by atoms with E-state index in [1.54, 1.807) is 38.1 Å². The quantitative estimate of drug-likeness (QED) is 0.715. The van der Waals surface area contributed by atoms with E-state index in [-0.39, 0.29) is 30.9 Å². The van der Waals surface area contributed by atoms with E-state index in [0.717, 1.165) is 17.7 Å². The SMILES string of the molecule is CC(C)N1CC(=O)N(Cc2ccc(Cl)cc2)C(c2ccc(C(F)(F)F)cc2)C1=O. The lowest BCUT2D eigenvalue weighted by Crippen LogP contribution is -2.56. The Hall–Kier alpha value is -2.54. The Morgan fingerprint density at radius 2 is 1.62 bits per heavy atom. The van der Waals surface area contributed by atoms with E-state index < -0.39 is 17.8 Å². The molecule has 3 rings (SSSR count). The lowest BCUT2D eigenvalue weighted by atomic mass is 9.98. The van der Waals surface area contributed by atoms with Crippen molar-refractivity contribution in [2.75, 3.05) is 6.54 Å². The summed E-state index contributed by atoms with van der Waals surface area (Å²) in [5, 5.41) is 0.542. The van der Waals surface area contributed by atoms with Crippen molar-refractivity contribution in [3.05, 3.63) is 70.2 Å². The van der Waals surface area contributed by atoms with Crippen LogP contribution in [0.2, 0.25) is 5.02 Å². The maximum atomic E-state index is 13.1. The van der Waals surface area contributed by atoms with Gasteiger partial charge in [0.25, 0.3) is 5.91 Å². The van der Waals surface area contributed by atoms with Gasteiger partial charge in [0.15, 0.2) is 0 Å². The van der Waals surface area contributed by atoms with Gasteiger partial charge in [0, 0.05) is 17.6 Å². The molecule has 0 bridgehead atoms. The number of halogens is 4. The average molecular weight is 425 g/mol. The number of nitrogens with zero attached hydrogens (tertiary/aromatic N) is 2. The normalized spacial score (nSPS) is 18.0. The highest BCUT2D eigenvalue weighted by Gasteiger charge is 2.41. The van der Waals surface area contributed by atoms with Gasteiger partial charge in [-0.05, 0) is 49.2 Å². The van der Waals surface area contributed by atoms with Crippen molar-refractivity contribution in [2.45, 2.75) is 38.7 Å². The summed E-state index contributed by atoms with van der Waals surface area (Å²) in [5.41, 5.74) is 0.307. The molecule has 0 spiro atoms. The number of alkyl halides is 3. The minimum absolute atomic E-state index is 0.0682. The minimum Gasteiger partial charge on any atom is -0.329 e. The van der Waals surface area contributed by atoms with Crippen LogP contribution in [0.15, 0.2) is 48.5 Å². The summed E-state index contributed by atoms with van der Waals surface area (Å²) in [5.74, 6) is -0.577. The van der Waals surface area contributed by atoms with Gasteiger partial charge in [-0.1, -0.05) is 35.9 Å². The van der Waals surface area contributed by atoms with E-state index in [9.17, 15) is 22.8 Å². The molecule has 1 aliphatic rings. The molecule has 2 aromatic rings. The monoisotopic (exact) mass is 424 g/mol. The van der Waals surface area contributed by atoms with Gasteiger partial charge >= 0.3 is 6.18 Å². The first-order chi connectivity index (χ1) is 13.6. The lowest BCUT2D eigenvalue weighted by molar-refractivity contribution is -0.158. The molecule has 1 aliphatic heterocycles. The molecule has 2 aromatic carbocycles. The zero-order valence-corrected chi connectivity index (χ0v) is 16.7. The van der Waals surface area contributed by atoms with Crippen LogP contribution in [0.4, 0.5) is 13.2 Å². The summed E-state index contributed by atoms with van der Waals surface area (Å²) in [6.07, 6.45) is -4.47. The Balaban J connectivity index is 1.99. The molecular weight excluding hydrogens is 405 g/mol. The smallest absolute Gasteiger partial charge is 0.329 e. The molecule has 2 amide bonds. The summed E-state index contributed by atoms with van der Waals surface area (Å²) in [6, 6.07) is 10.1. The predicted molar refractivity (Wildman–Crippen MR) is 103 cm³/mol. The summed E-state index contributed by atoms with van der Waals surface area (Å²) < 4.78 is 38.7. The lowest BCUT2D eigenvalue weighted by Gasteiger charge is -2.42. The number of carbonyl (C=O) groups is 2. The number of hydrogen-bond donors (Lipinski definition) is 0. The van der Waals surface area contributed by atoms with Gasteiger partial charge in [0.05, 0.1) is 5.56 Å². The first-order valence-electron chi connectivity index (χ1n) is 9.09. The van der Waals surface area contributed by atoms with Gasteiger partial charge in [0.2, 0.25) is 5.91 Å². The Morgan fingerprint density at radius 1 is 1.03 bits per heavy atom. The fraction of sp³-hybridized carbons (Fsp3) is 0.333. The zero-order valence-electron chi connectivity index (χ0n) is 15.9. The van der Waals surface area contributed by atoms with E-state index in [2.05, 4.69) is 0 Å². The second-order valence-electron chi connectivity index (χ2n) is 7.23. The average Bonchev–Trinajstić information content (AvgIpc) is 2.65. The number of amides is 2. The molecule has 1 atom stereocenters. The highest BCUT2D eigenvalue weighted by atomic mass is 35.5. The molecule has 8 heteroatoms. The highest BCUT2D eigenvalue weighted by Crippen LogP contribution is 2.34. The first kappa shape index (κ1) is 21.2. The standard InChI is InChI=1S/C21H20ClF3N2O2/c1-13(2)26-12-18(28)27(11-14-3-9-17(22)10-4-14)19(20(26)29)15-5-7-16(8-6-15)21(23,24)25/h3-10,13,19H,11-12H2,1-2H3. The largest absolute Gasteiger partial charge is 0.416 e. The molecule has 0 aromatic heterocycles. The van der Waals surface area contributed by atoms with Crippen molar-refractivity contribution in [3.8, 4) is 0 Å². The third-order valence-electron chi connectivity index (χ3n) is 4.90. The molecule has 0 radical (unpaired) electrons. The van der Waals surface area contributed by atoms with E-state index in [1.807, 2.05) is 0 Å². The molecule has 29 heavy (non-hydrogen) atoms. The second-order valence-corrected chi connectivity index (χ2v) is 7.67. The maximum Gasteiger partial charge on any atom is 0.416 e. The Bertz CT molecular complexity index is 896. The molecule has 0 N–H and O–H groups in total. The van der Waals surface area contributed by atoms with Crippen LogP contribution in [0, 0.1) is 0 Å². The van der Waals surface area contributed by atoms with Crippen molar-refractivity contribution in [3.63, 3.8) is 0 Å².